The molecule has 0 aliphatic carbocycles. The fourth-order valence-electron chi connectivity index (χ4n) is 2.76. The molecule has 0 saturated carbocycles. The van der Waals surface area contributed by atoms with Crippen LogP contribution in [-0.2, 0) is 4.79 Å². The minimum Gasteiger partial charge on any atom is -0.481 e. The Hall–Kier alpha value is -1.65. The van der Waals surface area contributed by atoms with E-state index >= 15 is 0 Å². The molecule has 0 aromatic heterocycles. The van der Waals surface area contributed by atoms with Gasteiger partial charge in [-0.05, 0) is 36.5 Å². The highest BCUT2D eigenvalue weighted by atomic mass is 16.4. The smallest absolute Gasteiger partial charge is 0.303 e. The average molecular weight is 348 g/mol. The SMILES string of the molecule is CCCCCCCC(O)/C=C/c1cccc(C(O)CCCC(=O)O)c1. The van der Waals surface area contributed by atoms with E-state index in [9.17, 15) is 15.0 Å². The van der Waals surface area contributed by atoms with Crippen LogP contribution in [0.15, 0.2) is 30.3 Å². The third-order valence-electron chi connectivity index (χ3n) is 4.28. The summed E-state index contributed by atoms with van der Waals surface area (Å²) in [6.07, 6.45) is 10.2. The second-order valence-corrected chi connectivity index (χ2v) is 6.60. The first kappa shape index (κ1) is 21.4. The lowest BCUT2D eigenvalue weighted by atomic mass is 10.0. The van der Waals surface area contributed by atoms with Gasteiger partial charge < -0.3 is 15.3 Å². The molecule has 0 aliphatic rings. The molecular formula is C21H32O4. The van der Waals surface area contributed by atoms with Crippen molar-refractivity contribution in [3.63, 3.8) is 0 Å². The first-order chi connectivity index (χ1) is 12.0. The predicted molar refractivity (Wildman–Crippen MR) is 101 cm³/mol. The summed E-state index contributed by atoms with van der Waals surface area (Å²) in [5, 5.41) is 28.8. The van der Waals surface area contributed by atoms with Crippen molar-refractivity contribution in [3.05, 3.63) is 41.5 Å². The Morgan fingerprint density at radius 3 is 2.56 bits per heavy atom. The molecule has 2 unspecified atom stereocenters. The van der Waals surface area contributed by atoms with Gasteiger partial charge >= 0.3 is 5.97 Å². The van der Waals surface area contributed by atoms with E-state index in [4.69, 9.17) is 5.11 Å². The van der Waals surface area contributed by atoms with Crippen molar-refractivity contribution < 1.29 is 20.1 Å². The molecular weight excluding hydrogens is 316 g/mol. The van der Waals surface area contributed by atoms with Gasteiger partial charge in [-0.25, -0.2) is 0 Å². The van der Waals surface area contributed by atoms with Crippen LogP contribution in [-0.4, -0.2) is 27.4 Å². The molecule has 0 heterocycles. The van der Waals surface area contributed by atoms with Crippen molar-refractivity contribution in [3.8, 4) is 0 Å². The van der Waals surface area contributed by atoms with Crippen LogP contribution in [0, 0.1) is 0 Å². The number of carboxylic acids is 1. The highest BCUT2D eigenvalue weighted by Gasteiger charge is 2.09. The normalized spacial score (nSPS) is 13.9. The number of hydrogen-bond donors (Lipinski definition) is 3. The van der Waals surface area contributed by atoms with Crippen LogP contribution in [0.3, 0.4) is 0 Å². The number of unbranched alkanes of at least 4 members (excludes halogenated alkanes) is 4. The van der Waals surface area contributed by atoms with Crippen molar-refractivity contribution in [2.75, 3.05) is 0 Å². The molecule has 0 spiro atoms. The second-order valence-electron chi connectivity index (χ2n) is 6.60. The van der Waals surface area contributed by atoms with E-state index in [0.717, 1.165) is 30.4 Å². The number of aliphatic hydroxyl groups is 2. The van der Waals surface area contributed by atoms with E-state index in [1.165, 1.54) is 19.3 Å². The molecule has 1 rings (SSSR count). The van der Waals surface area contributed by atoms with E-state index in [-0.39, 0.29) is 6.42 Å². The van der Waals surface area contributed by atoms with Crippen molar-refractivity contribution in [1.82, 2.24) is 0 Å². The average Bonchev–Trinajstić information content (AvgIpc) is 2.59. The van der Waals surface area contributed by atoms with E-state index in [2.05, 4.69) is 6.92 Å². The van der Waals surface area contributed by atoms with Gasteiger partial charge in [-0.15, -0.1) is 0 Å². The summed E-state index contributed by atoms with van der Waals surface area (Å²) in [4.78, 5) is 10.5. The van der Waals surface area contributed by atoms with Gasteiger partial charge in [0, 0.05) is 6.42 Å². The van der Waals surface area contributed by atoms with Crippen LogP contribution < -0.4 is 0 Å². The lowest BCUT2D eigenvalue weighted by Crippen LogP contribution is -2.02. The number of hydrogen-bond acceptors (Lipinski definition) is 3. The molecule has 25 heavy (non-hydrogen) atoms. The lowest BCUT2D eigenvalue weighted by molar-refractivity contribution is -0.137. The van der Waals surface area contributed by atoms with Gasteiger partial charge in [0.2, 0.25) is 0 Å². The molecule has 2 atom stereocenters. The summed E-state index contributed by atoms with van der Waals surface area (Å²) >= 11 is 0. The maximum Gasteiger partial charge on any atom is 0.303 e. The van der Waals surface area contributed by atoms with Gasteiger partial charge in [-0.1, -0.05) is 69.4 Å². The topological polar surface area (TPSA) is 77.8 Å². The first-order valence-electron chi connectivity index (χ1n) is 9.39. The van der Waals surface area contributed by atoms with Crippen LogP contribution >= 0.6 is 0 Å². The Kier molecular flexibility index (Phi) is 10.8. The van der Waals surface area contributed by atoms with E-state index in [0.29, 0.717) is 12.8 Å². The highest BCUT2D eigenvalue weighted by molar-refractivity contribution is 5.66. The third kappa shape index (κ3) is 10.0. The number of aliphatic hydroxyl groups excluding tert-OH is 2. The zero-order valence-corrected chi connectivity index (χ0v) is 15.2. The molecule has 3 N–H and O–H groups in total. The number of benzene rings is 1. The quantitative estimate of drug-likeness (QED) is 0.451. The highest BCUT2D eigenvalue weighted by Crippen LogP contribution is 2.21. The van der Waals surface area contributed by atoms with Crippen molar-refractivity contribution in [1.29, 1.82) is 0 Å². The molecule has 0 fully saturated rings. The van der Waals surface area contributed by atoms with Crippen LogP contribution in [0.25, 0.3) is 6.08 Å². The molecule has 4 heteroatoms. The van der Waals surface area contributed by atoms with E-state index in [1.807, 2.05) is 30.3 Å². The number of rotatable bonds is 13. The molecule has 0 bridgehead atoms. The molecule has 0 aliphatic heterocycles. The summed E-state index contributed by atoms with van der Waals surface area (Å²) in [5.74, 6) is -0.840. The Balaban J connectivity index is 2.44. The Bertz CT molecular complexity index is 524. The summed E-state index contributed by atoms with van der Waals surface area (Å²) in [6.45, 7) is 2.19. The molecule has 4 nitrogen and oxygen atoms in total. The van der Waals surface area contributed by atoms with Gasteiger partial charge in [-0.2, -0.15) is 0 Å². The Labute approximate surface area is 151 Å². The number of aliphatic carboxylic acids is 1. The van der Waals surface area contributed by atoms with Crippen LogP contribution in [0.5, 0.6) is 0 Å². The van der Waals surface area contributed by atoms with Crippen molar-refractivity contribution in [2.24, 2.45) is 0 Å². The minimum absolute atomic E-state index is 0.0705. The maximum absolute atomic E-state index is 10.5. The Morgan fingerprint density at radius 1 is 1.08 bits per heavy atom. The summed E-state index contributed by atoms with van der Waals surface area (Å²) in [5.41, 5.74) is 1.71. The minimum atomic E-state index is -0.840. The first-order valence-corrected chi connectivity index (χ1v) is 9.39. The van der Waals surface area contributed by atoms with Crippen LogP contribution in [0.1, 0.15) is 81.9 Å². The monoisotopic (exact) mass is 348 g/mol. The molecule has 0 radical (unpaired) electrons. The Morgan fingerprint density at radius 2 is 1.84 bits per heavy atom. The molecule has 140 valence electrons. The molecule has 1 aromatic carbocycles. The van der Waals surface area contributed by atoms with E-state index in [1.54, 1.807) is 6.08 Å². The van der Waals surface area contributed by atoms with Crippen LogP contribution in [0.2, 0.25) is 0 Å². The number of carbonyl (C=O) groups is 1. The van der Waals surface area contributed by atoms with Gasteiger partial charge in [-0.3, -0.25) is 4.79 Å². The summed E-state index contributed by atoms with van der Waals surface area (Å²) in [6, 6.07) is 7.52. The maximum atomic E-state index is 10.5. The standard InChI is InChI=1S/C21H32O4/c1-2-3-4-5-6-11-19(22)15-14-17-9-7-10-18(16-17)20(23)12-8-13-21(24)25/h7,9-10,14-16,19-20,22-23H,2-6,8,11-13H2,1H3,(H,24,25)/b15-14+. The van der Waals surface area contributed by atoms with Crippen LogP contribution in [0.4, 0.5) is 0 Å². The van der Waals surface area contributed by atoms with Gasteiger partial charge in [0.1, 0.15) is 0 Å². The third-order valence-corrected chi connectivity index (χ3v) is 4.28. The van der Waals surface area contributed by atoms with Gasteiger partial charge in [0.05, 0.1) is 12.2 Å². The van der Waals surface area contributed by atoms with Gasteiger partial charge in [0.15, 0.2) is 0 Å². The number of carboxylic acid groups (broad SMARTS) is 1. The fourth-order valence-corrected chi connectivity index (χ4v) is 2.76. The fraction of sp³-hybridized carbons (Fsp3) is 0.571. The zero-order valence-electron chi connectivity index (χ0n) is 15.2. The predicted octanol–water partition coefficient (Wildman–Crippen LogP) is 4.71. The zero-order chi connectivity index (χ0) is 18.5. The summed E-state index contributed by atoms with van der Waals surface area (Å²) in [7, 11) is 0. The van der Waals surface area contributed by atoms with Crippen molar-refractivity contribution >= 4 is 12.0 Å². The summed E-state index contributed by atoms with van der Waals surface area (Å²) < 4.78 is 0. The van der Waals surface area contributed by atoms with Crippen molar-refractivity contribution in [2.45, 2.75) is 76.9 Å². The molecule has 1 aromatic rings. The lowest BCUT2D eigenvalue weighted by Gasteiger charge is -2.11. The largest absolute Gasteiger partial charge is 0.481 e. The molecule has 0 amide bonds. The second kappa shape index (κ2) is 12.7. The van der Waals surface area contributed by atoms with E-state index < -0.39 is 18.2 Å². The molecule has 0 saturated heterocycles. The van der Waals surface area contributed by atoms with Gasteiger partial charge in [0.25, 0.3) is 0 Å².